The average molecular weight is 463 g/mol. The van der Waals surface area contributed by atoms with E-state index >= 15 is 0 Å². The first-order valence-corrected chi connectivity index (χ1v) is 11.6. The number of urea groups is 1. The summed E-state index contributed by atoms with van der Waals surface area (Å²) < 4.78 is 1.63. The van der Waals surface area contributed by atoms with Crippen molar-refractivity contribution < 1.29 is 4.79 Å². The number of nitrogens with one attached hydrogen (secondary N) is 1. The predicted octanol–water partition coefficient (Wildman–Crippen LogP) is 5.44. The molecule has 0 aliphatic heterocycles. The zero-order valence-corrected chi connectivity index (χ0v) is 19.7. The van der Waals surface area contributed by atoms with Gasteiger partial charge in [0.25, 0.3) is 5.56 Å². The third-order valence-corrected chi connectivity index (χ3v) is 6.35. The van der Waals surface area contributed by atoms with Crippen LogP contribution in [-0.4, -0.2) is 27.5 Å². The van der Waals surface area contributed by atoms with E-state index in [-0.39, 0.29) is 11.6 Å². The average Bonchev–Trinajstić information content (AvgIpc) is 2.91. The molecule has 1 unspecified atom stereocenters. The second kappa shape index (κ2) is 9.43. The van der Waals surface area contributed by atoms with Crippen LogP contribution in [0.25, 0.3) is 27.4 Å². The fraction of sp³-hybridized carbons (Fsp3) is 0.138. The molecule has 6 heteroatoms. The summed E-state index contributed by atoms with van der Waals surface area (Å²) in [5, 5.41) is 5.60. The molecule has 5 aromatic rings. The second-order valence-corrected chi connectivity index (χ2v) is 8.59. The molecule has 6 nitrogen and oxygen atoms in total. The van der Waals surface area contributed by atoms with E-state index in [0.717, 1.165) is 16.3 Å². The summed E-state index contributed by atoms with van der Waals surface area (Å²) >= 11 is 0. The molecule has 5 rings (SSSR count). The summed E-state index contributed by atoms with van der Waals surface area (Å²) in [6, 6.07) is 30.3. The molecule has 174 valence electrons. The minimum Gasteiger partial charge on any atom is -0.334 e. The second-order valence-electron chi connectivity index (χ2n) is 8.59. The van der Waals surface area contributed by atoms with Crippen molar-refractivity contribution in [1.82, 2.24) is 19.8 Å². The van der Waals surface area contributed by atoms with Gasteiger partial charge in [-0.05, 0) is 47.5 Å². The van der Waals surface area contributed by atoms with Crippen molar-refractivity contribution in [1.29, 1.82) is 0 Å². The number of amides is 2. The van der Waals surface area contributed by atoms with Crippen LogP contribution in [0.3, 0.4) is 0 Å². The van der Waals surface area contributed by atoms with E-state index in [1.54, 1.807) is 22.6 Å². The Labute approximate surface area is 203 Å². The first-order chi connectivity index (χ1) is 17.0. The van der Waals surface area contributed by atoms with Gasteiger partial charge in [0.1, 0.15) is 5.82 Å². The van der Waals surface area contributed by atoms with E-state index in [9.17, 15) is 9.59 Å². The fourth-order valence-electron chi connectivity index (χ4n) is 4.24. The van der Waals surface area contributed by atoms with E-state index in [1.807, 2.05) is 97.9 Å². The zero-order valence-electron chi connectivity index (χ0n) is 19.7. The first kappa shape index (κ1) is 22.3. The third kappa shape index (κ3) is 4.38. The smallest absolute Gasteiger partial charge is 0.318 e. The largest absolute Gasteiger partial charge is 0.334 e. The molecule has 1 atom stereocenters. The molecule has 0 radical (unpaired) electrons. The number of hydrogen-bond donors (Lipinski definition) is 1. The van der Waals surface area contributed by atoms with Crippen LogP contribution >= 0.6 is 0 Å². The van der Waals surface area contributed by atoms with Crippen molar-refractivity contribution in [3.63, 3.8) is 0 Å². The SMILES string of the molecule is CC(c1nc2ccccc2c(=O)n1-c1ccc2ccccc2c1)N(C)C(=O)NCc1ccccc1. The van der Waals surface area contributed by atoms with E-state index in [4.69, 9.17) is 4.98 Å². The summed E-state index contributed by atoms with van der Waals surface area (Å²) in [5.74, 6) is 0.501. The van der Waals surface area contributed by atoms with Crippen LogP contribution in [0.4, 0.5) is 4.79 Å². The molecule has 1 heterocycles. The van der Waals surface area contributed by atoms with E-state index < -0.39 is 6.04 Å². The summed E-state index contributed by atoms with van der Waals surface area (Å²) in [5.41, 5.74) is 2.17. The number of carbonyl (C=O) groups excluding carboxylic acids is 1. The number of nitrogens with zero attached hydrogens (tertiary/aromatic N) is 3. The molecule has 0 fully saturated rings. The number of para-hydroxylation sites is 1. The van der Waals surface area contributed by atoms with Gasteiger partial charge in [0.15, 0.2) is 0 Å². The molecule has 0 saturated carbocycles. The highest BCUT2D eigenvalue weighted by Crippen LogP contribution is 2.24. The number of carbonyl (C=O) groups is 1. The summed E-state index contributed by atoms with van der Waals surface area (Å²) in [6.45, 7) is 2.30. The fourth-order valence-corrected chi connectivity index (χ4v) is 4.24. The number of aromatic nitrogens is 2. The van der Waals surface area contributed by atoms with Gasteiger partial charge < -0.3 is 10.2 Å². The third-order valence-electron chi connectivity index (χ3n) is 6.35. The van der Waals surface area contributed by atoms with Gasteiger partial charge in [0.05, 0.1) is 22.6 Å². The maximum atomic E-state index is 13.7. The number of benzene rings is 4. The highest BCUT2D eigenvalue weighted by Gasteiger charge is 2.24. The number of rotatable bonds is 5. The lowest BCUT2D eigenvalue weighted by Crippen LogP contribution is -2.40. The van der Waals surface area contributed by atoms with Gasteiger partial charge in [0.2, 0.25) is 0 Å². The zero-order chi connectivity index (χ0) is 24.4. The first-order valence-electron chi connectivity index (χ1n) is 11.6. The van der Waals surface area contributed by atoms with Gasteiger partial charge in [-0.2, -0.15) is 0 Å². The molecule has 2 amide bonds. The Morgan fingerprint density at radius 2 is 1.60 bits per heavy atom. The summed E-state index contributed by atoms with van der Waals surface area (Å²) in [4.78, 5) is 33.1. The van der Waals surface area contributed by atoms with Crippen molar-refractivity contribution >= 4 is 27.7 Å². The van der Waals surface area contributed by atoms with Crippen molar-refractivity contribution in [3.8, 4) is 5.69 Å². The maximum Gasteiger partial charge on any atom is 0.318 e. The van der Waals surface area contributed by atoms with Crippen LogP contribution in [-0.2, 0) is 6.54 Å². The molecule has 4 aromatic carbocycles. The van der Waals surface area contributed by atoms with E-state index in [2.05, 4.69) is 5.32 Å². The van der Waals surface area contributed by atoms with Gasteiger partial charge in [-0.3, -0.25) is 9.36 Å². The van der Waals surface area contributed by atoms with Crippen molar-refractivity contribution in [2.24, 2.45) is 0 Å². The Hall–Kier alpha value is -4.45. The molecule has 0 aliphatic carbocycles. The monoisotopic (exact) mass is 462 g/mol. The van der Waals surface area contributed by atoms with Gasteiger partial charge in [-0.25, -0.2) is 9.78 Å². The molecule has 0 saturated heterocycles. The predicted molar refractivity (Wildman–Crippen MR) is 140 cm³/mol. The Morgan fingerprint density at radius 3 is 2.40 bits per heavy atom. The lowest BCUT2D eigenvalue weighted by atomic mass is 10.1. The summed E-state index contributed by atoms with van der Waals surface area (Å²) in [7, 11) is 1.72. The number of fused-ring (bicyclic) bond motifs is 2. The molecule has 1 N–H and O–H groups in total. The minimum absolute atomic E-state index is 0.161. The van der Waals surface area contributed by atoms with Crippen LogP contribution in [0.1, 0.15) is 24.4 Å². The summed E-state index contributed by atoms with van der Waals surface area (Å²) in [6.07, 6.45) is 0. The van der Waals surface area contributed by atoms with Crippen molar-refractivity contribution in [2.45, 2.75) is 19.5 Å². The molecule has 1 aromatic heterocycles. The Bertz CT molecular complexity index is 1580. The van der Waals surface area contributed by atoms with Gasteiger partial charge in [-0.1, -0.05) is 72.8 Å². The molecule has 0 aliphatic rings. The number of hydrogen-bond acceptors (Lipinski definition) is 3. The highest BCUT2D eigenvalue weighted by molar-refractivity contribution is 5.85. The Kier molecular flexibility index (Phi) is 6.02. The highest BCUT2D eigenvalue weighted by atomic mass is 16.2. The molecule has 35 heavy (non-hydrogen) atoms. The topological polar surface area (TPSA) is 67.2 Å². The van der Waals surface area contributed by atoms with Crippen LogP contribution < -0.4 is 10.9 Å². The van der Waals surface area contributed by atoms with Gasteiger partial charge in [-0.15, -0.1) is 0 Å². The molecular weight excluding hydrogens is 436 g/mol. The Balaban J connectivity index is 1.56. The van der Waals surface area contributed by atoms with Gasteiger partial charge in [0, 0.05) is 13.6 Å². The minimum atomic E-state index is -0.463. The van der Waals surface area contributed by atoms with Crippen molar-refractivity contribution in [3.05, 3.63) is 119 Å². The standard InChI is InChI=1S/C29H26N4O2/c1-20(32(2)29(35)30-19-21-10-4-3-5-11-21)27-31-26-15-9-8-14-25(26)28(34)33(27)24-17-16-22-12-6-7-13-23(22)18-24/h3-18,20H,19H2,1-2H3,(H,30,35). The van der Waals surface area contributed by atoms with E-state index in [0.29, 0.717) is 29.0 Å². The van der Waals surface area contributed by atoms with Crippen molar-refractivity contribution in [2.75, 3.05) is 7.05 Å². The van der Waals surface area contributed by atoms with Crippen LogP contribution in [0.2, 0.25) is 0 Å². The van der Waals surface area contributed by atoms with Gasteiger partial charge >= 0.3 is 6.03 Å². The maximum absolute atomic E-state index is 13.7. The lowest BCUT2D eigenvalue weighted by Gasteiger charge is -2.27. The lowest BCUT2D eigenvalue weighted by molar-refractivity contribution is 0.191. The van der Waals surface area contributed by atoms with E-state index in [1.165, 1.54) is 0 Å². The van der Waals surface area contributed by atoms with Crippen LogP contribution in [0.5, 0.6) is 0 Å². The molecular formula is C29H26N4O2. The molecule has 0 spiro atoms. The molecule has 0 bridgehead atoms. The normalized spacial score (nSPS) is 11.9. The van der Waals surface area contributed by atoms with Crippen LogP contribution in [0.15, 0.2) is 102 Å². The van der Waals surface area contributed by atoms with Crippen LogP contribution in [0, 0.1) is 0 Å². The Morgan fingerprint density at radius 1 is 0.914 bits per heavy atom. The quantitative estimate of drug-likeness (QED) is 0.378.